The number of urea groups is 1. The summed E-state index contributed by atoms with van der Waals surface area (Å²) in [4.78, 5) is 22.2. The average molecular weight is 612 g/mol. The number of benzene rings is 3. The molecule has 0 fully saturated rings. The molecule has 0 atom stereocenters. The first kappa shape index (κ1) is 30.8. The molecule has 0 saturated carbocycles. The first-order chi connectivity index (χ1) is 21.1. The molecule has 2 aromatic heterocycles. The molecule has 0 unspecified atom stereocenters. The van der Waals surface area contributed by atoms with Crippen molar-refractivity contribution < 1.29 is 14.3 Å². The van der Waals surface area contributed by atoms with E-state index in [1.165, 1.54) is 0 Å². The fourth-order valence-electron chi connectivity index (χ4n) is 4.74. The lowest BCUT2D eigenvalue weighted by Crippen LogP contribution is -2.23. The monoisotopic (exact) mass is 611 g/mol. The van der Waals surface area contributed by atoms with Crippen LogP contribution in [0.3, 0.4) is 0 Å². The SMILES string of the molecule is COc1c(NC(=O)Nc2ccc(Oc3ccnc(NCCn4cccn4)n3)c3ccccc23)cc(C(C)(C)C)cc1P(C)C. The van der Waals surface area contributed by atoms with Crippen molar-refractivity contribution in [3.05, 3.63) is 84.8 Å². The molecular weight excluding hydrogens is 573 g/mol. The van der Waals surface area contributed by atoms with Gasteiger partial charge in [-0.3, -0.25) is 4.68 Å². The van der Waals surface area contributed by atoms with Gasteiger partial charge in [-0.15, -0.1) is 0 Å². The van der Waals surface area contributed by atoms with E-state index in [4.69, 9.17) is 9.47 Å². The van der Waals surface area contributed by atoms with Gasteiger partial charge in [0.05, 0.1) is 25.0 Å². The van der Waals surface area contributed by atoms with Crippen LogP contribution in [0.1, 0.15) is 26.3 Å². The summed E-state index contributed by atoms with van der Waals surface area (Å²) in [6.07, 6.45) is 5.30. The van der Waals surface area contributed by atoms with Crippen LogP contribution < -0.4 is 30.7 Å². The summed E-state index contributed by atoms with van der Waals surface area (Å²) in [5.41, 5.74) is 2.33. The largest absolute Gasteiger partial charge is 0.494 e. The van der Waals surface area contributed by atoms with Crippen LogP contribution in [0.4, 0.5) is 22.1 Å². The molecule has 5 aromatic rings. The Bertz CT molecular complexity index is 1750. The lowest BCUT2D eigenvalue weighted by Gasteiger charge is -2.25. The number of nitrogens with zero attached hydrogens (tertiary/aromatic N) is 4. The summed E-state index contributed by atoms with van der Waals surface area (Å²) in [5.74, 6) is 2.16. The van der Waals surface area contributed by atoms with Crippen molar-refractivity contribution in [2.75, 3.05) is 42.9 Å². The van der Waals surface area contributed by atoms with Gasteiger partial charge in [0, 0.05) is 47.3 Å². The molecule has 0 saturated heterocycles. The van der Waals surface area contributed by atoms with E-state index in [9.17, 15) is 4.79 Å². The number of anilines is 3. The molecule has 228 valence electrons. The van der Waals surface area contributed by atoms with Gasteiger partial charge < -0.3 is 25.4 Å². The van der Waals surface area contributed by atoms with Crippen LogP contribution in [0.15, 0.2) is 79.3 Å². The highest BCUT2D eigenvalue weighted by Crippen LogP contribution is 2.39. The minimum Gasteiger partial charge on any atom is -0.494 e. The summed E-state index contributed by atoms with van der Waals surface area (Å²) in [5, 5.41) is 16.2. The number of aromatic nitrogens is 4. The molecule has 44 heavy (non-hydrogen) atoms. The lowest BCUT2D eigenvalue weighted by atomic mass is 9.86. The van der Waals surface area contributed by atoms with E-state index >= 15 is 0 Å². The van der Waals surface area contributed by atoms with Crippen molar-refractivity contribution in [1.82, 2.24) is 19.7 Å². The third-order valence-electron chi connectivity index (χ3n) is 7.03. The van der Waals surface area contributed by atoms with E-state index in [-0.39, 0.29) is 11.4 Å². The highest BCUT2D eigenvalue weighted by molar-refractivity contribution is 7.64. The molecule has 0 bridgehead atoms. The second-order valence-electron chi connectivity index (χ2n) is 11.5. The first-order valence-corrected chi connectivity index (χ1v) is 16.6. The Balaban J connectivity index is 1.34. The molecule has 2 heterocycles. The van der Waals surface area contributed by atoms with E-state index in [0.29, 0.717) is 47.8 Å². The predicted molar refractivity (Wildman–Crippen MR) is 180 cm³/mol. The molecule has 3 aromatic carbocycles. The Morgan fingerprint density at radius 1 is 0.955 bits per heavy atom. The maximum Gasteiger partial charge on any atom is 0.323 e. The molecule has 11 heteroatoms. The molecule has 5 rings (SSSR count). The van der Waals surface area contributed by atoms with Crippen molar-refractivity contribution in [1.29, 1.82) is 0 Å². The van der Waals surface area contributed by atoms with Crippen molar-refractivity contribution >= 4 is 47.4 Å². The Kier molecular flexibility index (Phi) is 9.30. The van der Waals surface area contributed by atoms with E-state index in [2.05, 4.69) is 71.2 Å². The minimum absolute atomic E-state index is 0.0912. The summed E-state index contributed by atoms with van der Waals surface area (Å²) in [6, 6.07) is 18.8. The summed E-state index contributed by atoms with van der Waals surface area (Å²) in [7, 11) is 1.18. The number of nitrogens with one attached hydrogen (secondary N) is 3. The van der Waals surface area contributed by atoms with Gasteiger partial charge in [0.25, 0.3) is 0 Å². The predicted octanol–water partition coefficient (Wildman–Crippen LogP) is 7.05. The fraction of sp³-hybridized carbons (Fsp3) is 0.273. The zero-order valence-corrected chi connectivity index (χ0v) is 26.8. The van der Waals surface area contributed by atoms with Gasteiger partial charge in [0.15, 0.2) is 0 Å². The first-order valence-electron chi connectivity index (χ1n) is 14.3. The van der Waals surface area contributed by atoms with Gasteiger partial charge in [0.2, 0.25) is 11.8 Å². The number of rotatable bonds is 10. The Morgan fingerprint density at radius 3 is 2.43 bits per heavy atom. The number of hydrogen-bond donors (Lipinski definition) is 3. The van der Waals surface area contributed by atoms with Gasteiger partial charge >= 0.3 is 6.03 Å². The molecule has 3 N–H and O–H groups in total. The van der Waals surface area contributed by atoms with Crippen LogP contribution >= 0.6 is 7.92 Å². The van der Waals surface area contributed by atoms with Crippen molar-refractivity contribution in [2.45, 2.75) is 32.7 Å². The molecule has 0 radical (unpaired) electrons. The number of hydrogen-bond acceptors (Lipinski definition) is 7. The van der Waals surface area contributed by atoms with Crippen molar-refractivity contribution in [3.8, 4) is 17.4 Å². The maximum atomic E-state index is 13.4. The molecule has 0 aliphatic heterocycles. The van der Waals surface area contributed by atoms with E-state index in [1.54, 1.807) is 25.6 Å². The molecule has 0 aliphatic rings. The van der Waals surface area contributed by atoms with Crippen molar-refractivity contribution in [3.63, 3.8) is 0 Å². The fourth-order valence-corrected chi connectivity index (χ4v) is 5.76. The average Bonchev–Trinajstić information content (AvgIpc) is 3.51. The quantitative estimate of drug-likeness (QED) is 0.145. The van der Waals surface area contributed by atoms with E-state index in [1.807, 2.05) is 59.4 Å². The number of carbonyl (C=O) groups excluding carboxylic acids is 1. The second-order valence-corrected chi connectivity index (χ2v) is 13.7. The number of fused-ring (bicyclic) bond motifs is 1. The lowest BCUT2D eigenvalue weighted by molar-refractivity contribution is 0.262. The van der Waals surface area contributed by atoms with Crippen LogP contribution in [0.2, 0.25) is 0 Å². The zero-order chi connectivity index (χ0) is 31.3. The molecule has 0 spiro atoms. The van der Waals surface area contributed by atoms with Crippen LogP contribution in [-0.2, 0) is 12.0 Å². The van der Waals surface area contributed by atoms with Gasteiger partial charge in [-0.05, 0) is 54.6 Å². The van der Waals surface area contributed by atoms with Crippen LogP contribution in [0.5, 0.6) is 17.4 Å². The van der Waals surface area contributed by atoms with Gasteiger partial charge in [-0.1, -0.05) is 53.0 Å². The summed E-state index contributed by atoms with van der Waals surface area (Å²) >= 11 is 0. The van der Waals surface area contributed by atoms with E-state index in [0.717, 1.165) is 21.6 Å². The third kappa shape index (κ3) is 7.26. The Hall–Kier alpha value is -4.69. The van der Waals surface area contributed by atoms with Crippen LogP contribution in [0, 0.1) is 0 Å². The normalized spacial score (nSPS) is 11.4. The smallest absolute Gasteiger partial charge is 0.323 e. The van der Waals surface area contributed by atoms with E-state index < -0.39 is 7.92 Å². The summed E-state index contributed by atoms with van der Waals surface area (Å²) in [6.45, 7) is 12.1. The third-order valence-corrected chi connectivity index (χ3v) is 8.33. The van der Waals surface area contributed by atoms with Crippen LogP contribution in [0.25, 0.3) is 10.8 Å². The number of amides is 2. The molecule has 0 aliphatic carbocycles. The maximum absolute atomic E-state index is 13.4. The second kappa shape index (κ2) is 13.3. The van der Waals surface area contributed by atoms with Crippen molar-refractivity contribution in [2.24, 2.45) is 0 Å². The summed E-state index contributed by atoms with van der Waals surface area (Å²) < 4.78 is 13.8. The molecule has 2 amide bonds. The minimum atomic E-state index is -0.464. The zero-order valence-electron chi connectivity index (χ0n) is 25.9. The molecule has 10 nitrogen and oxygen atoms in total. The Morgan fingerprint density at radius 2 is 1.73 bits per heavy atom. The highest BCUT2D eigenvalue weighted by Gasteiger charge is 2.22. The highest BCUT2D eigenvalue weighted by atomic mass is 31.1. The number of carbonyl (C=O) groups is 1. The van der Waals surface area contributed by atoms with Crippen LogP contribution in [-0.4, -0.2) is 52.8 Å². The molecular formula is C33H38N7O3P. The Labute approximate surface area is 259 Å². The van der Waals surface area contributed by atoms with Gasteiger partial charge in [0.1, 0.15) is 11.5 Å². The van der Waals surface area contributed by atoms with Gasteiger partial charge in [-0.2, -0.15) is 10.1 Å². The topological polar surface area (TPSA) is 115 Å². The van der Waals surface area contributed by atoms with Gasteiger partial charge in [-0.25, -0.2) is 9.78 Å². The number of ether oxygens (including phenoxy) is 2. The number of methoxy groups -OCH3 is 1. The standard InChI is InChI=1S/C33H38N7O3P/c1-33(2,3)22-20-26(30(42-4)28(21-22)44(5)6)38-32(41)37-25-12-13-27(24-11-8-7-10-23(24)25)43-29-14-16-34-31(39-29)35-17-19-40-18-9-15-36-40/h7-16,18,20-21H,17,19H2,1-6H3,(H,34,35,39)(H2,37,38,41).